The Morgan fingerprint density at radius 2 is 2.00 bits per heavy atom. The van der Waals surface area contributed by atoms with Gasteiger partial charge in [-0.25, -0.2) is 0 Å². The second-order valence-corrected chi connectivity index (χ2v) is 4.46. The van der Waals surface area contributed by atoms with Gasteiger partial charge in [0.2, 0.25) is 5.91 Å². The van der Waals surface area contributed by atoms with Crippen LogP contribution in [0.3, 0.4) is 0 Å². The molecule has 0 aliphatic heterocycles. The number of aliphatic hydroxyl groups is 1. The quantitative estimate of drug-likeness (QED) is 0.643. The number of hydrogen-bond acceptors (Lipinski definition) is 4. The van der Waals surface area contributed by atoms with Gasteiger partial charge in [0.1, 0.15) is 0 Å². The van der Waals surface area contributed by atoms with Crippen molar-refractivity contribution in [3.63, 3.8) is 0 Å². The highest BCUT2D eigenvalue weighted by Gasteiger charge is 2.13. The number of rotatable bonds is 8. The molecular formula is C14H21N3O3. The monoisotopic (exact) mass is 279 g/mol. The molecule has 0 fully saturated rings. The summed E-state index contributed by atoms with van der Waals surface area (Å²) in [6.45, 7) is 3.35. The van der Waals surface area contributed by atoms with Crippen molar-refractivity contribution in [2.24, 2.45) is 5.73 Å². The fourth-order valence-electron chi connectivity index (χ4n) is 1.93. The fraction of sp³-hybridized carbons (Fsp3) is 0.429. The maximum absolute atomic E-state index is 12.0. The molecule has 0 bridgehead atoms. The van der Waals surface area contributed by atoms with Gasteiger partial charge < -0.3 is 16.2 Å². The molecule has 4 N–H and O–H groups in total. The summed E-state index contributed by atoms with van der Waals surface area (Å²) in [5, 5.41) is 11.6. The molecule has 20 heavy (non-hydrogen) atoms. The van der Waals surface area contributed by atoms with Crippen LogP contribution in [-0.2, 0) is 4.79 Å². The van der Waals surface area contributed by atoms with Gasteiger partial charge in [0.15, 0.2) is 0 Å². The number of nitrogens with two attached hydrogens (primary N) is 1. The Hall–Kier alpha value is -1.92. The van der Waals surface area contributed by atoms with Crippen molar-refractivity contribution < 1.29 is 14.7 Å². The van der Waals surface area contributed by atoms with Crippen LogP contribution in [0, 0.1) is 0 Å². The van der Waals surface area contributed by atoms with Crippen molar-refractivity contribution in [1.29, 1.82) is 0 Å². The van der Waals surface area contributed by atoms with Gasteiger partial charge in [-0.15, -0.1) is 0 Å². The summed E-state index contributed by atoms with van der Waals surface area (Å²) in [5.74, 6) is -0.817. The second kappa shape index (κ2) is 8.29. The van der Waals surface area contributed by atoms with Crippen molar-refractivity contribution in [2.45, 2.75) is 13.3 Å². The zero-order valence-electron chi connectivity index (χ0n) is 11.6. The van der Waals surface area contributed by atoms with E-state index >= 15 is 0 Å². The van der Waals surface area contributed by atoms with E-state index in [0.29, 0.717) is 12.2 Å². The molecule has 2 amide bonds. The molecule has 6 nitrogen and oxygen atoms in total. The summed E-state index contributed by atoms with van der Waals surface area (Å²) in [6.07, 6.45) is 0.894. The first-order valence-electron chi connectivity index (χ1n) is 6.60. The molecule has 1 rings (SSSR count). The van der Waals surface area contributed by atoms with Gasteiger partial charge in [0, 0.05) is 6.54 Å². The van der Waals surface area contributed by atoms with E-state index in [1.165, 1.54) is 0 Å². The number of carbonyl (C=O) groups is 2. The number of primary amides is 1. The van der Waals surface area contributed by atoms with Crippen LogP contribution in [-0.4, -0.2) is 48.1 Å². The fourth-order valence-corrected chi connectivity index (χ4v) is 1.93. The van der Waals surface area contributed by atoms with Crippen LogP contribution < -0.4 is 11.1 Å². The molecule has 0 heterocycles. The van der Waals surface area contributed by atoms with Crippen molar-refractivity contribution in [1.82, 2.24) is 4.90 Å². The molecule has 0 radical (unpaired) electrons. The SMILES string of the molecule is CCCN(CCO)CC(=O)Nc1ccccc1C(N)=O. The minimum absolute atomic E-state index is 0.00511. The van der Waals surface area contributed by atoms with Crippen molar-refractivity contribution in [3.8, 4) is 0 Å². The lowest BCUT2D eigenvalue weighted by molar-refractivity contribution is -0.117. The summed E-state index contributed by atoms with van der Waals surface area (Å²) < 4.78 is 0. The Bertz CT molecular complexity index is 457. The summed E-state index contributed by atoms with van der Waals surface area (Å²) in [5.41, 5.74) is 5.94. The number of para-hydroxylation sites is 1. The van der Waals surface area contributed by atoms with Crippen LogP contribution in [0.1, 0.15) is 23.7 Å². The van der Waals surface area contributed by atoms with Crippen LogP contribution in [0.15, 0.2) is 24.3 Å². The third-order valence-corrected chi connectivity index (χ3v) is 2.79. The van der Waals surface area contributed by atoms with Crippen molar-refractivity contribution in [2.75, 3.05) is 31.6 Å². The average molecular weight is 279 g/mol. The van der Waals surface area contributed by atoms with Crippen LogP contribution in [0.4, 0.5) is 5.69 Å². The molecule has 0 atom stereocenters. The zero-order chi connectivity index (χ0) is 15.0. The summed E-state index contributed by atoms with van der Waals surface area (Å²) in [4.78, 5) is 25.1. The molecule has 0 aliphatic carbocycles. The number of amides is 2. The van der Waals surface area contributed by atoms with Crippen LogP contribution in [0.2, 0.25) is 0 Å². The Morgan fingerprint density at radius 3 is 2.60 bits per heavy atom. The first kappa shape index (κ1) is 16.1. The molecule has 1 aromatic carbocycles. The summed E-state index contributed by atoms with van der Waals surface area (Å²) >= 11 is 0. The van der Waals surface area contributed by atoms with Gasteiger partial charge in [-0.1, -0.05) is 19.1 Å². The zero-order valence-corrected chi connectivity index (χ0v) is 11.6. The Morgan fingerprint density at radius 1 is 1.30 bits per heavy atom. The van der Waals surface area contributed by atoms with Gasteiger partial charge in [-0.05, 0) is 25.1 Å². The van der Waals surface area contributed by atoms with Gasteiger partial charge in [0.05, 0.1) is 24.4 Å². The number of benzene rings is 1. The smallest absolute Gasteiger partial charge is 0.250 e. The molecule has 0 spiro atoms. The minimum Gasteiger partial charge on any atom is -0.395 e. The van der Waals surface area contributed by atoms with Crippen LogP contribution in [0.25, 0.3) is 0 Å². The Labute approximate surface area is 118 Å². The first-order chi connectivity index (χ1) is 9.58. The van der Waals surface area contributed by atoms with Crippen molar-refractivity contribution in [3.05, 3.63) is 29.8 Å². The van der Waals surface area contributed by atoms with Crippen LogP contribution in [0.5, 0.6) is 0 Å². The lowest BCUT2D eigenvalue weighted by Gasteiger charge is -2.20. The van der Waals surface area contributed by atoms with E-state index in [9.17, 15) is 9.59 Å². The number of carbonyl (C=O) groups excluding carboxylic acids is 2. The molecule has 6 heteroatoms. The number of aliphatic hydroxyl groups excluding tert-OH is 1. The standard InChI is InChI=1S/C14H21N3O3/c1-2-7-17(8-9-18)10-13(19)16-12-6-4-3-5-11(12)14(15)20/h3-6,18H,2,7-10H2,1H3,(H2,15,20)(H,16,19). The highest BCUT2D eigenvalue weighted by Crippen LogP contribution is 2.14. The third-order valence-electron chi connectivity index (χ3n) is 2.79. The van der Waals surface area contributed by atoms with E-state index in [0.717, 1.165) is 13.0 Å². The van der Waals surface area contributed by atoms with Gasteiger partial charge in [-0.2, -0.15) is 0 Å². The molecule has 0 aromatic heterocycles. The average Bonchev–Trinajstić information content (AvgIpc) is 2.39. The molecule has 110 valence electrons. The van der Waals surface area contributed by atoms with Crippen LogP contribution >= 0.6 is 0 Å². The number of anilines is 1. The van der Waals surface area contributed by atoms with Gasteiger partial charge in [-0.3, -0.25) is 14.5 Å². The molecular weight excluding hydrogens is 258 g/mol. The van der Waals surface area contributed by atoms with E-state index < -0.39 is 5.91 Å². The van der Waals surface area contributed by atoms with Gasteiger partial charge >= 0.3 is 0 Å². The molecule has 0 saturated heterocycles. The molecule has 0 saturated carbocycles. The minimum atomic E-state index is -0.582. The lowest BCUT2D eigenvalue weighted by Crippen LogP contribution is -2.36. The highest BCUT2D eigenvalue weighted by atomic mass is 16.3. The van der Waals surface area contributed by atoms with Crippen molar-refractivity contribution >= 4 is 17.5 Å². The topological polar surface area (TPSA) is 95.7 Å². The van der Waals surface area contributed by atoms with Gasteiger partial charge in [0.25, 0.3) is 5.91 Å². The second-order valence-electron chi connectivity index (χ2n) is 4.46. The van der Waals surface area contributed by atoms with E-state index in [4.69, 9.17) is 10.8 Å². The number of nitrogens with zero attached hydrogens (tertiary/aromatic N) is 1. The Kier molecular flexibility index (Phi) is 6.69. The predicted molar refractivity (Wildman–Crippen MR) is 77.4 cm³/mol. The maximum Gasteiger partial charge on any atom is 0.250 e. The van der Waals surface area contributed by atoms with E-state index in [2.05, 4.69) is 5.32 Å². The van der Waals surface area contributed by atoms with E-state index in [-0.39, 0.29) is 24.6 Å². The van der Waals surface area contributed by atoms with E-state index in [1.54, 1.807) is 24.3 Å². The number of nitrogens with one attached hydrogen (secondary N) is 1. The maximum atomic E-state index is 12.0. The van der Waals surface area contributed by atoms with E-state index in [1.807, 2.05) is 11.8 Å². The highest BCUT2D eigenvalue weighted by molar-refractivity contribution is 6.03. The number of hydrogen-bond donors (Lipinski definition) is 3. The summed E-state index contributed by atoms with van der Waals surface area (Å²) in [6, 6.07) is 6.61. The Balaban J connectivity index is 2.68. The molecule has 0 unspecified atom stereocenters. The molecule has 0 aliphatic rings. The first-order valence-corrected chi connectivity index (χ1v) is 6.60. The largest absolute Gasteiger partial charge is 0.395 e. The normalized spacial score (nSPS) is 10.6. The molecule has 1 aromatic rings. The third kappa shape index (κ3) is 4.99. The predicted octanol–water partition coefficient (Wildman–Crippen LogP) is 0.428. The lowest BCUT2D eigenvalue weighted by atomic mass is 10.1. The summed E-state index contributed by atoms with van der Waals surface area (Å²) in [7, 11) is 0.